The Labute approximate surface area is 121 Å². The van der Waals surface area contributed by atoms with Gasteiger partial charge in [-0.25, -0.2) is 0 Å². The van der Waals surface area contributed by atoms with Gasteiger partial charge in [0.05, 0.1) is 7.11 Å². The Morgan fingerprint density at radius 1 is 1.00 bits per heavy atom. The molecule has 2 aromatic rings. The van der Waals surface area contributed by atoms with E-state index in [-0.39, 0.29) is 0 Å². The summed E-state index contributed by atoms with van der Waals surface area (Å²) in [7, 11) is 3.75. The molecule has 1 N–H and O–H groups in total. The zero-order valence-corrected chi connectivity index (χ0v) is 12.7. The van der Waals surface area contributed by atoms with Crippen molar-refractivity contribution >= 4 is 0 Å². The summed E-state index contributed by atoms with van der Waals surface area (Å²) in [6.07, 6.45) is 0.923. The summed E-state index contributed by atoms with van der Waals surface area (Å²) < 4.78 is 5.46. The average Bonchev–Trinajstić information content (AvgIpc) is 2.46. The van der Waals surface area contributed by atoms with Gasteiger partial charge in [0.2, 0.25) is 0 Å². The van der Waals surface area contributed by atoms with Crippen molar-refractivity contribution in [3.63, 3.8) is 0 Å². The molecule has 20 heavy (non-hydrogen) atoms. The maximum absolute atomic E-state index is 5.46. The lowest BCUT2D eigenvalue weighted by molar-refractivity contribution is 0.406. The predicted molar refractivity (Wildman–Crippen MR) is 84.4 cm³/mol. The molecule has 0 amide bonds. The molecule has 2 nitrogen and oxygen atoms in total. The van der Waals surface area contributed by atoms with E-state index in [9.17, 15) is 0 Å². The van der Waals surface area contributed by atoms with Gasteiger partial charge in [0, 0.05) is 6.04 Å². The average molecular weight is 269 g/mol. The molecule has 1 unspecified atom stereocenters. The first-order valence-electron chi connectivity index (χ1n) is 7.02. The topological polar surface area (TPSA) is 21.3 Å². The van der Waals surface area contributed by atoms with E-state index in [2.05, 4.69) is 49.5 Å². The number of para-hydroxylation sites is 1. The summed E-state index contributed by atoms with van der Waals surface area (Å²) in [6, 6.07) is 15.0. The first kappa shape index (κ1) is 14.6. The maximum Gasteiger partial charge on any atom is 0.122 e. The van der Waals surface area contributed by atoms with Crippen LogP contribution in [0.1, 0.15) is 28.3 Å². The smallest absolute Gasteiger partial charge is 0.122 e. The second kappa shape index (κ2) is 6.58. The SMILES string of the molecule is CNC(Cc1ccccc1OC)c1c(C)cccc1C. The quantitative estimate of drug-likeness (QED) is 0.891. The molecule has 0 saturated carbocycles. The number of likely N-dealkylation sites (N-methyl/N-ethyl adjacent to an activating group) is 1. The second-order valence-electron chi connectivity index (χ2n) is 5.16. The minimum absolute atomic E-state index is 0.299. The monoisotopic (exact) mass is 269 g/mol. The molecular weight excluding hydrogens is 246 g/mol. The van der Waals surface area contributed by atoms with E-state index in [0.29, 0.717) is 6.04 Å². The van der Waals surface area contributed by atoms with Crippen LogP contribution in [0.4, 0.5) is 0 Å². The van der Waals surface area contributed by atoms with E-state index in [0.717, 1.165) is 12.2 Å². The largest absolute Gasteiger partial charge is 0.496 e. The van der Waals surface area contributed by atoms with Crippen molar-refractivity contribution in [3.8, 4) is 5.75 Å². The van der Waals surface area contributed by atoms with Gasteiger partial charge in [-0.3, -0.25) is 0 Å². The summed E-state index contributed by atoms with van der Waals surface area (Å²) in [4.78, 5) is 0. The molecule has 2 heteroatoms. The molecule has 2 rings (SSSR count). The lowest BCUT2D eigenvalue weighted by atomic mass is 9.91. The second-order valence-corrected chi connectivity index (χ2v) is 5.16. The van der Waals surface area contributed by atoms with Crippen LogP contribution < -0.4 is 10.1 Å². The Balaban J connectivity index is 2.34. The van der Waals surface area contributed by atoms with Gasteiger partial charge >= 0.3 is 0 Å². The number of aryl methyl sites for hydroxylation is 2. The lowest BCUT2D eigenvalue weighted by Crippen LogP contribution is -2.21. The van der Waals surface area contributed by atoms with Gasteiger partial charge in [0.25, 0.3) is 0 Å². The summed E-state index contributed by atoms with van der Waals surface area (Å²) in [5, 5.41) is 3.44. The van der Waals surface area contributed by atoms with Gasteiger partial charge in [-0.05, 0) is 55.6 Å². The predicted octanol–water partition coefficient (Wildman–Crippen LogP) is 3.82. The van der Waals surface area contributed by atoms with Crippen molar-refractivity contribution in [2.75, 3.05) is 14.2 Å². The number of methoxy groups -OCH3 is 1. The fraction of sp³-hybridized carbons (Fsp3) is 0.333. The summed E-state index contributed by atoms with van der Waals surface area (Å²) in [5.41, 5.74) is 5.29. The number of ether oxygens (including phenoxy) is 1. The fourth-order valence-corrected chi connectivity index (χ4v) is 2.82. The zero-order valence-electron chi connectivity index (χ0n) is 12.7. The Morgan fingerprint density at radius 3 is 2.25 bits per heavy atom. The van der Waals surface area contributed by atoms with Crippen LogP contribution in [-0.4, -0.2) is 14.2 Å². The van der Waals surface area contributed by atoms with E-state index in [1.165, 1.54) is 22.3 Å². The van der Waals surface area contributed by atoms with Gasteiger partial charge in [-0.2, -0.15) is 0 Å². The van der Waals surface area contributed by atoms with Crippen molar-refractivity contribution in [2.24, 2.45) is 0 Å². The van der Waals surface area contributed by atoms with Gasteiger partial charge in [0.1, 0.15) is 5.75 Å². The number of rotatable bonds is 5. The van der Waals surface area contributed by atoms with Crippen molar-refractivity contribution in [1.82, 2.24) is 5.32 Å². The van der Waals surface area contributed by atoms with Crippen LogP contribution in [0.15, 0.2) is 42.5 Å². The third-order valence-corrected chi connectivity index (χ3v) is 3.86. The molecule has 0 aliphatic carbocycles. The molecule has 106 valence electrons. The molecule has 0 aromatic heterocycles. The van der Waals surface area contributed by atoms with Crippen molar-refractivity contribution in [1.29, 1.82) is 0 Å². The standard InChI is InChI=1S/C18H23NO/c1-13-8-7-9-14(2)18(13)16(19-3)12-15-10-5-6-11-17(15)20-4/h5-11,16,19H,12H2,1-4H3. The molecule has 0 spiro atoms. The van der Waals surface area contributed by atoms with E-state index in [1.54, 1.807) is 7.11 Å². The van der Waals surface area contributed by atoms with Gasteiger partial charge in [-0.15, -0.1) is 0 Å². The lowest BCUT2D eigenvalue weighted by Gasteiger charge is -2.22. The molecule has 0 aliphatic heterocycles. The van der Waals surface area contributed by atoms with E-state index >= 15 is 0 Å². The van der Waals surface area contributed by atoms with Crippen molar-refractivity contribution in [3.05, 3.63) is 64.7 Å². The van der Waals surface area contributed by atoms with Crippen molar-refractivity contribution < 1.29 is 4.74 Å². The van der Waals surface area contributed by atoms with Crippen LogP contribution in [0.25, 0.3) is 0 Å². The van der Waals surface area contributed by atoms with Gasteiger partial charge in [0.15, 0.2) is 0 Å². The highest BCUT2D eigenvalue weighted by molar-refractivity contribution is 5.40. The molecule has 0 fully saturated rings. The molecule has 0 radical (unpaired) electrons. The molecule has 0 saturated heterocycles. The van der Waals surface area contributed by atoms with Crippen LogP contribution >= 0.6 is 0 Å². The number of hydrogen-bond donors (Lipinski definition) is 1. The molecule has 0 aliphatic rings. The van der Waals surface area contributed by atoms with E-state index < -0.39 is 0 Å². The Kier molecular flexibility index (Phi) is 4.80. The summed E-state index contributed by atoms with van der Waals surface area (Å²) in [6.45, 7) is 4.35. The van der Waals surface area contributed by atoms with E-state index in [1.807, 2.05) is 19.2 Å². The maximum atomic E-state index is 5.46. The first-order chi connectivity index (χ1) is 9.67. The Morgan fingerprint density at radius 2 is 1.65 bits per heavy atom. The zero-order chi connectivity index (χ0) is 14.5. The normalized spacial score (nSPS) is 12.2. The molecule has 0 heterocycles. The number of hydrogen-bond acceptors (Lipinski definition) is 2. The van der Waals surface area contributed by atoms with Crippen LogP contribution in [0.3, 0.4) is 0 Å². The van der Waals surface area contributed by atoms with E-state index in [4.69, 9.17) is 4.74 Å². The summed E-state index contributed by atoms with van der Waals surface area (Å²) >= 11 is 0. The summed E-state index contributed by atoms with van der Waals surface area (Å²) in [5.74, 6) is 0.957. The molecule has 1 atom stereocenters. The fourth-order valence-electron chi connectivity index (χ4n) is 2.82. The Bertz CT molecular complexity index is 557. The van der Waals surface area contributed by atoms with Crippen LogP contribution in [0.5, 0.6) is 5.75 Å². The van der Waals surface area contributed by atoms with Crippen LogP contribution in [0, 0.1) is 13.8 Å². The highest BCUT2D eigenvalue weighted by atomic mass is 16.5. The number of benzene rings is 2. The molecular formula is C18H23NO. The molecule has 2 aromatic carbocycles. The minimum Gasteiger partial charge on any atom is -0.496 e. The first-order valence-corrected chi connectivity index (χ1v) is 7.02. The van der Waals surface area contributed by atoms with Crippen LogP contribution in [-0.2, 0) is 6.42 Å². The molecule has 0 bridgehead atoms. The third kappa shape index (κ3) is 3.02. The Hall–Kier alpha value is -1.80. The highest BCUT2D eigenvalue weighted by Gasteiger charge is 2.16. The van der Waals surface area contributed by atoms with Crippen LogP contribution in [0.2, 0.25) is 0 Å². The third-order valence-electron chi connectivity index (χ3n) is 3.86. The van der Waals surface area contributed by atoms with Gasteiger partial charge in [-0.1, -0.05) is 36.4 Å². The van der Waals surface area contributed by atoms with Gasteiger partial charge < -0.3 is 10.1 Å². The van der Waals surface area contributed by atoms with Crippen molar-refractivity contribution in [2.45, 2.75) is 26.3 Å². The highest BCUT2D eigenvalue weighted by Crippen LogP contribution is 2.28. The number of nitrogens with one attached hydrogen (secondary N) is 1. The minimum atomic E-state index is 0.299.